The van der Waals surface area contributed by atoms with E-state index in [9.17, 15) is 9.90 Å². The van der Waals surface area contributed by atoms with E-state index < -0.39 is 0 Å². The van der Waals surface area contributed by atoms with Gasteiger partial charge in [0.2, 0.25) is 0 Å². The maximum absolute atomic E-state index is 12.8. The van der Waals surface area contributed by atoms with Crippen LogP contribution in [0.4, 0.5) is 11.4 Å². The molecule has 0 aliphatic rings. The second-order valence-electron chi connectivity index (χ2n) is 4.71. The lowest BCUT2D eigenvalue weighted by Gasteiger charge is -2.22. The highest BCUT2D eigenvalue weighted by Crippen LogP contribution is 2.28. The quantitative estimate of drug-likeness (QED) is 0.799. The second kappa shape index (κ2) is 6.10. The molecule has 0 saturated carbocycles. The van der Waals surface area contributed by atoms with Gasteiger partial charge in [0.1, 0.15) is 11.4 Å². The lowest BCUT2D eigenvalue weighted by atomic mass is 10.2. The molecule has 0 radical (unpaired) electrons. The molecule has 1 amide bonds. The average molecular weight is 290 g/mol. The van der Waals surface area contributed by atoms with Crippen LogP contribution in [0.5, 0.6) is 5.75 Å². The minimum atomic E-state index is -0.225. The number of benzene rings is 2. The van der Waals surface area contributed by atoms with Crippen LogP contribution in [0.15, 0.2) is 79.0 Å². The number of carbonyl (C=O) groups is 1. The van der Waals surface area contributed by atoms with Gasteiger partial charge in [-0.3, -0.25) is 14.7 Å². The molecule has 4 nitrogen and oxygen atoms in total. The molecule has 1 N–H and O–H groups in total. The normalized spacial score (nSPS) is 10.2. The molecule has 2 aromatic carbocycles. The highest BCUT2D eigenvalue weighted by atomic mass is 16.3. The van der Waals surface area contributed by atoms with Gasteiger partial charge in [-0.2, -0.15) is 0 Å². The molecule has 3 rings (SSSR count). The Morgan fingerprint density at radius 3 is 2.09 bits per heavy atom. The molecule has 0 aliphatic heterocycles. The predicted octanol–water partition coefficient (Wildman–Crippen LogP) is 3.77. The van der Waals surface area contributed by atoms with Crippen LogP contribution in [0, 0.1) is 0 Å². The minimum Gasteiger partial charge on any atom is -0.508 e. The van der Waals surface area contributed by atoms with E-state index in [1.807, 2.05) is 30.3 Å². The number of aromatic hydroxyl groups is 1. The van der Waals surface area contributed by atoms with E-state index >= 15 is 0 Å². The number of phenolic OH excluding ortho intramolecular Hbond substituents is 1. The molecule has 0 aliphatic carbocycles. The van der Waals surface area contributed by atoms with Gasteiger partial charge in [-0.25, -0.2) is 0 Å². The van der Waals surface area contributed by atoms with Crippen LogP contribution in [0.25, 0.3) is 0 Å². The highest BCUT2D eigenvalue weighted by Gasteiger charge is 2.20. The summed E-state index contributed by atoms with van der Waals surface area (Å²) in [6.45, 7) is 0. The zero-order chi connectivity index (χ0) is 15.4. The van der Waals surface area contributed by atoms with E-state index in [1.54, 1.807) is 53.6 Å². The number of pyridine rings is 1. The zero-order valence-corrected chi connectivity index (χ0v) is 11.8. The molecular weight excluding hydrogens is 276 g/mol. The fourth-order valence-corrected chi connectivity index (χ4v) is 2.17. The third-order valence-corrected chi connectivity index (χ3v) is 3.21. The van der Waals surface area contributed by atoms with Gasteiger partial charge < -0.3 is 5.11 Å². The number of aromatic nitrogens is 1. The first-order chi connectivity index (χ1) is 10.8. The number of nitrogens with zero attached hydrogens (tertiary/aromatic N) is 2. The average Bonchev–Trinajstić information content (AvgIpc) is 2.58. The van der Waals surface area contributed by atoms with E-state index in [-0.39, 0.29) is 11.7 Å². The van der Waals surface area contributed by atoms with E-state index in [1.165, 1.54) is 0 Å². The van der Waals surface area contributed by atoms with Crippen molar-refractivity contribution in [2.75, 3.05) is 4.90 Å². The number of hydrogen-bond donors (Lipinski definition) is 1. The highest BCUT2D eigenvalue weighted by molar-refractivity contribution is 6.09. The van der Waals surface area contributed by atoms with Crippen molar-refractivity contribution in [3.63, 3.8) is 0 Å². The number of anilines is 2. The van der Waals surface area contributed by atoms with E-state index in [2.05, 4.69) is 4.98 Å². The van der Waals surface area contributed by atoms with Gasteiger partial charge in [-0.05, 0) is 48.5 Å². The molecular formula is C18H14N2O2. The first-order valence-electron chi connectivity index (χ1n) is 6.85. The number of hydrogen-bond acceptors (Lipinski definition) is 3. The van der Waals surface area contributed by atoms with Gasteiger partial charge in [0.05, 0.1) is 0 Å². The standard InChI is InChI=1S/C18H14N2O2/c21-16-11-9-15(10-12-16)20(14-6-2-1-3-7-14)18(22)17-8-4-5-13-19-17/h1-13,21H. The van der Waals surface area contributed by atoms with Crippen LogP contribution >= 0.6 is 0 Å². The van der Waals surface area contributed by atoms with Crippen LogP contribution < -0.4 is 4.90 Å². The van der Waals surface area contributed by atoms with Gasteiger partial charge in [-0.15, -0.1) is 0 Å². The summed E-state index contributed by atoms with van der Waals surface area (Å²) in [7, 11) is 0. The third kappa shape index (κ3) is 2.81. The summed E-state index contributed by atoms with van der Waals surface area (Å²) >= 11 is 0. The Kier molecular flexibility index (Phi) is 3.83. The summed E-state index contributed by atoms with van der Waals surface area (Å²) < 4.78 is 0. The Morgan fingerprint density at radius 1 is 0.818 bits per heavy atom. The first kappa shape index (κ1) is 13.8. The Morgan fingerprint density at radius 2 is 1.45 bits per heavy atom. The second-order valence-corrected chi connectivity index (χ2v) is 4.71. The molecule has 0 atom stereocenters. The molecule has 0 bridgehead atoms. The van der Waals surface area contributed by atoms with Crippen molar-refractivity contribution in [1.29, 1.82) is 0 Å². The van der Waals surface area contributed by atoms with Crippen molar-refractivity contribution in [3.8, 4) is 5.75 Å². The Labute approximate surface area is 128 Å². The van der Waals surface area contributed by atoms with E-state index in [4.69, 9.17) is 0 Å². The fraction of sp³-hybridized carbons (Fsp3) is 0. The summed E-state index contributed by atoms with van der Waals surface area (Å²) in [6.07, 6.45) is 1.59. The summed E-state index contributed by atoms with van der Waals surface area (Å²) in [6, 6.07) is 21.1. The maximum Gasteiger partial charge on any atom is 0.281 e. The van der Waals surface area contributed by atoms with Crippen LogP contribution in [0.2, 0.25) is 0 Å². The van der Waals surface area contributed by atoms with Crippen molar-refractivity contribution in [2.45, 2.75) is 0 Å². The number of rotatable bonds is 3. The molecule has 0 spiro atoms. The van der Waals surface area contributed by atoms with Gasteiger partial charge in [0.25, 0.3) is 5.91 Å². The Bertz CT molecular complexity index is 756. The molecule has 22 heavy (non-hydrogen) atoms. The van der Waals surface area contributed by atoms with E-state index in [0.717, 1.165) is 5.69 Å². The maximum atomic E-state index is 12.8. The van der Waals surface area contributed by atoms with Crippen molar-refractivity contribution in [3.05, 3.63) is 84.7 Å². The SMILES string of the molecule is O=C(c1ccccn1)N(c1ccccc1)c1ccc(O)cc1. The zero-order valence-electron chi connectivity index (χ0n) is 11.8. The summed E-state index contributed by atoms with van der Waals surface area (Å²) in [5, 5.41) is 9.45. The molecule has 4 heteroatoms. The molecule has 0 saturated heterocycles. The summed E-state index contributed by atoms with van der Waals surface area (Å²) in [4.78, 5) is 18.5. The van der Waals surface area contributed by atoms with Gasteiger partial charge >= 0.3 is 0 Å². The Hall–Kier alpha value is -3.14. The van der Waals surface area contributed by atoms with E-state index in [0.29, 0.717) is 11.4 Å². The third-order valence-electron chi connectivity index (χ3n) is 3.21. The number of amides is 1. The lowest BCUT2D eigenvalue weighted by molar-refractivity contribution is 0.0994. The lowest BCUT2D eigenvalue weighted by Crippen LogP contribution is -2.26. The molecule has 1 heterocycles. The largest absolute Gasteiger partial charge is 0.508 e. The number of carbonyl (C=O) groups excluding carboxylic acids is 1. The molecule has 0 fully saturated rings. The smallest absolute Gasteiger partial charge is 0.281 e. The molecule has 0 unspecified atom stereocenters. The molecule has 108 valence electrons. The monoisotopic (exact) mass is 290 g/mol. The topological polar surface area (TPSA) is 53.4 Å². The van der Waals surface area contributed by atoms with Crippen molar-refractivity contribution in [2.24, 2.45) is 0 Å². The molecule has 1 aromatic heterocycles. The van der Waals surface area contributed by atoms with Gasteiger partial charge in [0, 0.05) is 17.6 Å². The number of para-hydroxylation sites is 1. The first-order valence-corrected chi connectivity index (χ1v) is 6.85. The van der Waals surface area contributed by atoms with Crippen molar-refractivity contribution >= 4 is 17.3 Å². The molecule has 3 aromatic rings. The predicted molar refractivity (Wildman–Crippen MR) is 85.3 cm³/mol. The number of phenols is 1. The van der Waals surface area contributed by atoms with Crippen molar-refractivity contribution < 1.29 is 9.90 Å². The van der Waals surface area contributed by atoms with Crippen LogP contribution in [-0.2, 0) is 0 Å². The van der Waals surface area contributed by atoms with Crippen molar-refractivity contribution in [1.82, 2.24) is 4.98 Å². The summed E-state index contributed by atoms with van der Waals surface area (Å²) in [5.74, 6) is -0.0699. The van der Waals surface area contributed by atoms with Crippen LogP contribution in [0.3, 0.4) is 0 Å². The van der Waals surface area contributed by atoms with Gasteiger partial charge in [0.15, 0.2) is 0 Å². The van der Waals surface area contributed by atoms with Crippen LogP contribution in [0.1, 0.15) is 10.5 Å². The summed E-state index contributed by atoms with van der Waals surface area (Å²) in [5.41, 5.74) is 1.77. The van der Waals surface area contributed by atoms with Crippen LogP contribution in [-0.4, -0.2) is 16.0 Å². The van der Waals surface area contributed by atoms with Gasteiger partial charge in [-0.1, -0.05) is 24.3 Å². The fourth-order valence-electron chi connectivity index (χ4n) is 2.17. The minimum absolute atomic E-state index is 0.155. The Balaban J connectivity index is 2.07.